The van der Waals surface area contributed by atoms with Crippen molar-refractivity contribution in [1.82, 2.24) is 5.32 Å². The number of thiophene rings is 1. The first-order valence-corrected chi connectivity index (χ1v) is 7.77. The molecule has 2 rings (SSSR count). The molecule has 19 heavy (non-hydrogen) atoms. The number of nitrogens with zero attached hydrogens (tertiary/aromatic N) is 1. The van der Waals surface area contributed by atoms with Crippen molar-refractivity contribution in [3.8, 4) is 6.07 Å². The molecule has 0 radical (unpaired) electrons. The summed E-state index contributed by atoms with van der Waals surface area (Å²) in [6, 6.07) is 6.14. The third-order valence-corrected chi connectivity index (χ3v) is 4.74. The van der Waals surface area contributed by atoms with E-state index in [2.05, 4.69) is 11.4 Å². The highest BCUT2D eigenvalue weighted by molar-refractivity contribution is 7.13. The Balaban J connectivity index is 2.08. The SMILES string of the molecule is Cc1ccc(C(=O)NC2(C#N)CCCCCCC2)s1. The average molecular weight is 276 g/mol. The largest absolute Gasteiger partial charge is 0.333 e. The van der Waals surface area contributed by atoms with E-state index in [1.54, 1.807) is 0 Å². The van der Waals surface area contributed by atoms with Crippen molar-refractivity contribution in [2.45, 2.75) is 57.4 Å². The Kier molecular flexibility index (Phi) is 4.60. The molecule has 0 aromatic carbocycles. The Morgan fingerprint density at radius 3 is 2.42 bits per heavy atom. The van der Waals surface area contributed by atoms with Gasteiger partial charge < -0.3 is 5.32 Å². The summed E-state index contributed by atoms with van der Waals surface area (Å²) in [4.78, 5) is 14.1. The van der Waals surface area contributed by atoms with E-state index in [0.29, 0.717) is 4.88 Å². The molecule has 1 fully saturated rings. The van der Waals surface area contributed by atoms with E-state index in [1.165, 1.54) is 17.8 Å². The Hall–Kier alpha value is -1.34. The van der Waals surface area contributed by atoms with Crippen LogP contribution in [0.3, 0.4) is 0 Å². The van der Waals surface area contributed by atoms with Crippen LogP contribution in [0.1, 0.15) is 59.5 Å². The van der Waals surface area contributed by atoms with Crippen LogP contribution in [0.15, 0.2) is 12.1 Å². The Bertz CT molecular complexity index is 479. The van der Waals surface area contributed by atoms with Gasteiger partial charge in [0, 0.05) is 4.88 Å². The van der Waals surface area contributed by atoms with Gasteiger partial charge in [0.25, 0.3) is 5.91 Å². The van der Waals surface area contributed by atoms with Crippen molar-refractivity contribution >= 4 is 17.2 Å². The number of carbonyl (C=O) groups excluding carboxylic acids is 1. The molecule has 1 aliphatic carbocycles. The van der Waals surface area contributed by atoms with Crippen LogP contribution in [0.25, 0.3) is 0 Å². The normalized spacial score (nSPS) is 18.9. The van der Waals surface area contributed by atoms with Crippen LogP contribution >= 0.6 is 11.3 Å². The second-order valence-electron chi connectivity index (χ2n) is 5.33. The average Bonchev–Trinajstić information content (AvgIpc) is 2.80. The molecular formula is C15H20N2OS. The molecule has 0 atom stereocenters. The van der Waals surface area contributed by atoms with Crippen LogP contribution in [0.5, 0.6) is 0 Å². The van der Waals surface area contributed by atoms with Crippen molar-refractivity contribution in [1.29, 1.82) is 5.26 Å². The molecule has 1 saturated carbocycles. The van der Waals surface area contributed by atoms with Crippen LogP contribution in [-0.2, 0) is 0 Å². The highest BCUT2D eigenvalue weighted by Crippen LogP contribution is 2.27. The van der Waals surface area contributed by atoms with E-state index >= 15 is 0 Å². The molecule has 1 N–H and O–H groups in total. The van der Waals surface area contributed by atoms with Crippen molar-refractivity contribution in [2.75, 3.05) is 0 Å². The van der Waals surface area contributed by atoms with Crippen molar-refractivity contribution in [2.24, 2.45) is 0 Å². The third-order valence-electron chi connectivity index (χ3n) is 3.74. The number of nitrogens with one attached hydrogen (secondary N) is 1. The Labute approximate surface area is 118 Å². The minimum absolute atomic E-state index is 0.0970. The smallest absolute Gasteiger partial charge is 0.262 e. The summed E-state index contributed by atoms with van der Waals surface area (Å²) in [5, 5.41) is 12.5. The minimum atomic E-state index is -0.657. The van der Waals surface area contributed by atoms with Gasteiger partial charge in [-0.3, -0.25) is 4.79 Å². The predicted octanol–water partition coefficient (Wildman–Crippen LogP) is 3.79. The molecule has 1 aliphatic rings. The lowest BCUT2D eigenvalue weighted by Crippen LogP contribution is -2.47. The topological polar surface area (TPSA) is 52.9 Å². The standard InChI is InChI=1S/C15H20N2OS/c1-12-7-8-13(19-12)14(18)17-15(11-16)9-5-3-2-4-6-10-15/h7-8H,2-6,9-10H2,1H3,(H,17,18). The molecule has 1 aromatic heterocycles. The van der Waals surface area contributed by atoms with Crippen molar-refractivity contribution in [3.05, 3.63) is 21.9 Å². The van der Waals surface area contributed by atoms with Gasteiger partial charge in [-0.25, -0.2) is 0 Å². The van der Waals surface area contributed by atoms with Gasteiger partial charge in [0.05, 0.1) is 10.9 Å². The molecule has 0 saturated heterocycles. The zero-order valence-corrected chi connectivity index (χ0v) is 12.2. The van der Waals surface area contributed by atoms with E-state index in [1.807, 2.05) is 19.1 Å². The maximum absolute atomic E-state index is 12.2. The van der Waals surface area contributed by atoms with Crippen molar-refractivity contribution in [3.63, 3.8) is 0 Å². The van der Waals surface area contributed by atoms with Crippen LogP contribution < -0.4 is 5.32 Å². The number of rotatable bonds is 2. The number of hydrogen-bond acceptors (Lipinski definition) is 3. The third kappa shape index (κ3) is 3.57. The van der Waals surface area contributed by atoms with Gasteiger partial charge in [-0.2, -0.15) is 5.26 Å². The highest BCUT2D eigenvalue weighted by atomic mass is 32.1. The molecule has 0 spiro atoms. The number of nitriles is 1. The molecule has 1 amide bonds. The van der Waals surface area contributed by atoms with Gasteiger partial charge in [-0.05, 0) is 31.9 Å². The summed E-state index contributed by atoms with van der Waals surface area (Å²) in [7, 11) is 0. The zero-order valence-electron chi connectivity index (χ0n) is 11.4. The molecule has 102 valence electrons. The number of hydrogen-bond donors (Lipinski definition) is 1. The molecule has 0 aliphatic heterocycles. The van der Waals surface area contributed by atoms with Crippen LogP contribution in [0.2, 0.25) is 0 Å². The van der Waals surface area contributed by atoms with Gasteiger partial charge in [0.15, 0.2) is 0 Å². The molecule has 1 heterocycles. The fourth-order valence-electron chi connectivity index (χ4n) is 2.61. The lowest BCUT2D eigenvalue weighted by molar-refractivity contribution is 0.0912. The summed E-state index contributed by atoms with van der Waals surface area (Å²) in [5.41, 5.74) is -0.657. The molecule has 1 aromatic rings. The molecule has 0 unspecified atom stereocenters. The first-order chi connectivity index (χ1) is 9.15. The molecule has 4 heteroatoms. The first kappa shape index (κ1) is 14.1. The van der Waals surface area contributed by atoms with Gasteiger partial charge in [0.2, 0.25) is 0 Å². The van der Waals surface area contributed by atoms with E-state index in [-0.39, 0.29) is 5.91 Å². The van der Waals surface area contributed by atoms with Crippen LogP contribution in [0.4, 0.5) is 0 Å². The zero-order chi connectivity index (χ0) is 13.7. The highest BCUT2D eigenvalue weighted by Gasteiger charge is 2.32. The molecular weight excluding hydrogens is 256 g/mol. The van der Waals surface area contributed by atoms with E-state index < -0.39 is 5.54 Å². The van der Waals surface area contributed by atoms with E-state index in [9.17, 15) is 10.1 Å². The van der Waals surface area contributed by atoms with Gasteiger partial charge in [-0.1, -0.05) is 32.1 Å². The predicted molar refractivity (Wildman–Crippen MR) is 77.2 cm³/mol. The monoisotopic (exact) mass is 276 g/mol. The Morgan fingerprint density at radius 2 is 1.89 bits per heavy atom. The summed E-state index contributed by atoms with van der Waals surface area (Å²) in [6.07, 6.45) is 7.18. The number of amides is 1. The van der Waals surface area contributed by atoms with Crippen LogP contribution in [0, 0.1) is 18.3 Å². The summed E-state index contributed by atoms with van der Waals surface area (Å²) in [6.45, 7) is 1.98. The Morgan fingerprint density at radius 1 is 1.26 bits per heavy atom. The lowest BCUT2D eigenvalue weighted by Gasteiger charge is -2.29. The molecule has 0 bridgehead atoms. The number of aryl methyl sites for hydroxylation is 1. The quantitative estimate of drug-likeness (QED) is 0.893. The van der Waals surface area contributed by atoms with Crippen molar-refractivity contribution < 1.29 is 4.79 Å². The maximum atomic E-state index is 12.2. The minimum Gasteiger partial charge on any atom is -0.333 e. The summed E-state index contributed by atoms with van der Waals surface area (Å²) in [5.74, 6) is -0.0970. The number of carbonyl (C=O) groups is 1. The fraction of sp³-hybridized carbons (Fsp3) is 0.600. The second kappa shape index (κ2) is 6.21. The van der Waals surface area contributed by atoms with E-state index in [4.69, 9.17) is 0 Å². The fourth-order valence-corrected chi connectivity index (χ4v) is 3.37. The molecule has 3 nitrogen and oxygen atoms in total. The summed E-state index contributed by atoms with van der Waals surface area (Å²) < 4.78 is 0. The summed E-state index contributed by atoms with van der Waals surface area (Å²) >= 11 is 1.48. The van der Waals surface area contributed by atoms with Crippen LogP contribution in [-0.4, -0.2) is 11.4 Å². The van der Waals surface area contributed by atoms with E-state index in [0.717, 1.165) is 43.4 Å². The first-order valence-electron chi connectivity index (χ1n) is 6.95. The van der Waals surface area contributed by atoms with Gasteiger partial charge in [-0.15, -0.1) is 11.3 Å². The second-order valence-corrected chi connectivity index (χ2v) is 6.61. The van der Waals surface area contributed by atoms with Gasteiger partial charge in [0.1, 0.15) is 5.54 Å². The van der Waals surface area contributed by atoms with Gasteiger partial charge >= 0.3 is 0 Å². The maximum Gasteiger partial charge on any atom is 0.262 e. The lowest BCUT2D eigenvalue weighted by atomic mass is 9.85.